The number of carbonyl (C=O) groups is 1. The third-order valence-corrected chi connectivity index (χ3v) is 4.25. The van der Waals surface area contributed by atoms with Crippen LogP contribution in [0.1, 0.15) is 35.1 Å². The van der Waals surface area contributed by atoms with Crippen LogP contribution in [0, 0.1) is 6.92 Å². The molecule has 2 aromatic carbocycles. The fourth-order valence-electron chi connectivity index (χ4n) is 2.75. The molecule has 27 heavy (non-hydrogen) atoms. The number of nitrogens with zero attached hydrogens (tertiary/aromatic N) is 1. The maximum Gasteiger partial charge on any atom is 0.257 e. The summed E-state index contributed by atoms with van der Waals surface area (Å²) in [5.74, 6) is 1.06. The smallest absolute Gasteiger partial charge is 0.257 e. The summed E-state index contributed by atoms with van der Waals surface area (Å²) in [7, 11) is 0. The first-order valence-electron chi connectivity index (χ1n) is 8.86. The van der Waals surface area contributed by atoms with Gasteiger partial charge in [-0.3, -0.25) is 9.78 Å². The molecular formula is C22H21ClN2O2. The van der Waals surface area contributed by atoms with E-state index in [2.05, 4.69) is 17.2 Å². The molecule has 3 rings (SSSR count). The van der Waals surface area contributed by atoms with Gasteiger partial charge < -0.3 is 10.1 Å². The van der Waals surface area contributed by atoms with E-state index in [1.807, 2.05) is 49.4 Å². The monoisotopic (exact) mass is 380 g/mol. The van der Waals surface area contributed by atoms with Gasteiger partial charge in [0.15, 0.2) is 0 Å². The minimum atomic E-state index is -0.192. The number of ether oxygens (including phenoxy) is 1. The fraction of sp³-hybridized carbons (Fsp3) is 0.182. The van der Waals surface area contributed by atoms with Crippen LogP contribution < -0.4 is 10.1 Å². The van der Waals surface area contributed by atoms with Gasteiger partial charge in [0.2, 0.25) is 0 Å². The SMILES string of the molecule is CCCc1ccc(C(=O)Nc2cccc(Oc3cccc(Cl)c3)c2)c(C)n1. The Balaban J connectivity index is 1.73. The molecule has 1 N–H and O–H groups in total. The van der Waals surface area contributed by atoms with Crippen molar-refractivity contribution in [3.63, 3.8) is 0 Å². The van der Waals surface area contributed by atoms with Crippen LogP contribution in [0.15, 0.2) is 60.7 Å². The Kier molecular flexibility index (Phi) is 6.09. The van der Waals surface area contributed by atoms with Crippen LogP contribution in [-0.4, -0.2) is 10.9 Å². The molecule has 4 nitrogen and oxygen atoms in total. The first-order chi connectivity index (χ1) is 13.0. The molecule has 0 aliphatic heterocycles. The number of halogens is 1. The number of aromatic nitrogens is 1. The molecule has 0 radical (unpaired) electrons. The molecule has 1 aromatic heterocycles. The van der Waals surface area contributed by atoms with Crippen LogP contribution >= 0.6 is 11.6 Å². The quantitative estimate of drug-likeness (QED) is 0.567. The lowest BCUT2D eigenvalue weighted by Crippen LogP contribution is -2.14. The Morgan fingerprint density at radius 1 is 1.07 bits per heavy atom. The van der Waals surface area contributed by atoms with Gasteiger partial charge in [0.05, 0.1) is 11.3 Å². The van der Waals surface area contributed by atoms with Gasteiger partial charge in [-0.1, -0.05) is 37.1 Å². The van der Waals surface area contributed by atoms with Crippen molar-refractivity contribution < 1.29 is 9.53 Å². The van der Waals surface area contributed by atoms with E-state index >= 15 is 0 Å². The summed E-state index contributed by atoms with van der Waals surface area (Å²) >= 11 is 5.98. The van der Waals surface area contributed by atoms with E-state index in [1.165, 1.54) is 0 Å². The van der Waals surface area contributed by atoms with Gasteiger partial charge in [0.1, 0.15) is 11.5 Å². The highest BCUT2D eigenvalue weighted by atomic mass is 35.5. The second-order valence-corrected chi connectivity index (χ2v) is 6.66. The van der Waals surface area contributed by atoms with Gasteiger partial charge in [-0.15, -0.1) is 0 Å². The molecule has 3 aromatic rings. The molecule has 1 heterocycles. The van der Waals surface area contributed by atoms with E-state index in [0.29, 0.717) is 27.8 Å². The second kappa shape index (κ2) is 8.69. The Morgan fingerprint density at radius 3 is 2.52 bits per heavy atom. The van der Waals surface area contributed by atoms with Crippen molar-refractivity contribution >= 4 is 23.2 Å². The molecule has 0 bridgehead atoms. The van der Waals surface area contributed by atoms with Crippen molar-refractivity contribution in [1.82, 2.24) is 4.98 Å². The zero-order chi connectivity index (χ0) is 19.2. The Hall–Kier alpha value is -2.85. The lowest BCUT2D eigenvalue weighted by Gasteiger charge is -2.11. The van der Waals surface area contributed by atoms with Gasteiger partial charge >= 0.3 is 0 Å². The van der Waals surface area contributed by atoms with Crippen molar-refractivity contribution in [3.8, 4) is 11.5 Å². The average molecular weight is 381 g/mol. The van der Waals surface area contributed by atoms with Crippen LogP contribution in [0.4, 0.5) is 5.69 Å². The van der Waals surface area contributed by atoms with Crippen molar-refractivity contribution in [1.29, 1.82) is 0 Å². The van der Waals surface area contributed by atoms with E-state index in [4.69, 9.17) is 16.3 Å². The van der Waals surface area contributed by atoms with Gasteiger partial charge in [-0.05, 0) is 55.8 Å². The van der Waals surface area contributed by atoms with Crippen LogP contribution in [-0.2, 0) is 6.42 Å². The standard InChI is InChI=1S/C22H21ClN2O2/c1-3-6-17-11-12-21(15(2)24-17)22(26)25-18-8-5-10-20(14-18)27-19-9-4-7-16(23)13-19/h4-5,7-14H,3,6H2,1-2H3,(H,25,26). The highest BCUT2D eigenvalue weighted by molar-refractivity contribution is 6.30. The Bertz CT molecular complexity index is 957. The summed E-state index contributed by atoms with van der Waals surface area (Å²) in [4.78, 5) is 17.1. The minimum Gasteiger partial charge on any atom is -0.457 e. The molecule has 0 spiro atoms. The summed E-state index contributed by atoms with van der Waals surface area (Å²) < 4.78 is 5.81. The van der Waals surface area contributed by atoms with Gasteiger partial charge in [0.25, 0.3) is 5.91 Å². The van der Waals surface area contributed by atoms with Crippen molar-refractivity contribution in [2.75, 3.05) is 5.32 Å². The summed E-state index contributed by atoms with van der Waals surface area (Å²) in [6.45, 7) is 3.96. The maximum absolute atomic E-state index is 12.6. The molecule has 0 fully saturated rings. The number of aryl methyl sites for hydroxylation is 2. The number of carbonyl (C=O) groups excluding carboxylic acids is 1. The lowest BCUT2D eigenvalue weighted by atomic mass is 10.1. The van der Waals surface area contributed by atoms with Crippen LogP contribution in [0.3, 0.4) is 0 Å². The molecular weight excluding hydrogens is 360 g/mol. The topological polar surface area (TPSA) is 51.2 Å². The Morgan fingerprint density at radius 2 is 1.81 bits per heavy atom. The number of pyridine rings is 1. The van der Waals surface area contributed by atoms with E-state index in [0.717, 1.165) is 24.2 Å². The normalized spacial score (nSPS) is 10.5. The molecule has 0 saturated heterocycles. The molecule has 5 heteroatoms. The zero-order valence-electron chi connectivity index (χ0n) is 15.3. The Labute approximate surface area is 164 Å². The lowest BCUT2D eigenvalue weighted by molar-refractivity contribution is 0.102. The molecule has 0 aliphatic carbocycles. The van der Waals surface area contributed by atoms with E-state index < -0.39 is 0 Å². The van der Waals surface area contributed by atoms with Crippen LogP contribution in [0.2, 0.25) is 5.02 Å². The second-order valence-electron chi connectivity index (χ2n) is 6.23. The minimum absolute atomic E-state index is 0.192. The highest BCUT2D eigenvalue weighted by Crippen LogP contribution is 2.26. The van der Waals surface area contributed by atoms with E-state index in [9.17, 15) is 4.79 Å². The maximum atomic E-state index is 12.6. The molecule has 138 valence electrons. The molecule has 0 atom stereocenters. The summed E-state index contributed by atoms with van der Waals surface area (Å²) in [6.07, 6.45) is 1.93. The van der Waals surface area contributed by atoms with Crippen LogP contribution in [0.5, 0.6) is 11.5 Å². The largest absolute Gasteiger partial charge is 0.457 e. The number of amides is 1. The summed E-state index contributed by atoms with van der Waals surface area (Å²) in [5.41, 5.74) is 2.95. The van der Waals surface area contributed by atoms with Gasteiger partial charge in [0, 0.05) is 22.5 Å². The molecule has 0 saturated carbocycles. The van der Waals surface area contributed by atoms with Crippen molar-refractivity contribution in [2.24, 2.45) is 0 Å². The number of anilines is 1. The highest BCUT2D eigenvalue weighted by Gasteiger charge is 2.11. The number of hydrogen-bond donors (Lipinski definition) is 1. The van der Waals surface area contributed by atoms with E-state index in [1.54, 1.807) is 18.2 Å². The van der Waals surface area contributed by atoms with Gasteiger partial charge in [-0.2, -0.15) is 0 Å². The first kappa shape index (κ1) is 18.9. The van der Waals surface area contributed by atoms with Gasteiger partial charge in [-0.25, -0.2) is 0 Å². The fourth-order valence-corrected chi connectivity index (χ4v) is 2.93. The van der Waals surface area contributed by atoms with Crippen LogP contribution in [0.25, 0.3) is 0 Å². The predicted octanol–water partition coefficient (Wildman–Crippen LogP) is 6.04. The van der Waals surface area contributed by atoms with E-state index in [-0.39, 0.29) is 5.91 Å². The zero-order valence-corrected chi connectivity index (χ0v) is 16.1. The van der Waals surface area contributed by atoms with Crippen molar-refractivity contribution in [2.45, 2.75) is 26.7 Å². The average Bonchev–Trinajstić information content (AvgIpc) is 2.62. The molecule has 1 amide bonds. The van der Waals surface area contributed by atoms with Crippen molar-refractivity contribution in [3.05, 3.63) is 82.6 Å². The summed E-state index contributed by atoms with van der Waals surface area (Å²) in [6, 6.07) is 18.1. The molecule has 0 aliphatic rings. The first-order valence-corrected chi connectivity index (χ1v) is 9.24. The summed E-state index contributed by atoms with van der Waals surface area (Å²) in [5, 5.41) is 3.51. The number of hydrogen-bond acceptors (Lipinski definition) is 3. The predicted molar refractivity (Wildman–Crippen MR) is 109 cm³/mol. The number of nitrogens with one attached hydrogen (secondary N) is 1. The number of rotatable bonds is 6. The third-order valence-electron chi connectivity index (χ3n) is 4.02. The molecule has 0 unspecified atom stereocenters. The number of benzene rings is 2. The third kappa shape index (κ3) is 5.08.